The lowest BCUT2D eigenvalue weighted by Gasteiger charge is -2.21. The highest BCUT2D eigenvalue weighted by atomic mass is 16.5. The van der Waals surface area contributed by atoms with Crippen LogP contribution >= 0.6 is 0 Å². The number of rotatable bonds is 9. The Balaban J connectivity index is 1.85. The van der Waals surface area contributed by atoms with Gasteiger partial charge in [0.25, 0.3) is 0 Å². The Labute approximate surface area is 180 Å². The molecule has 0 aromatic carbocycles. The average Bonchev–Trinajstić information content (AvgIpc) is 3.51. The Morgan fingerprint density at radius 3 is 2.73 bits per heavy atom. The molecule has 1 aliphatic heterocycles. The van der Waals surface area contributed by atoms with Crippen molar-refractivity contribution in [2.45, 2.75) is 72.1 Å². The molecule has 0 radical (unpaired) electrons. The molecule has 0 fully saturated rings. The molecule has 0 saturated carbocycles. The molecule has 0 amide bonds. The van der Waals surface area contributed by atoms with E-state index in [-0.39, 0.29) is 0 Å². The van der Waals surface area contributed by atoms with Crippen LogP contribution in [0.5, 0.6) is 0 Å². The number of fused-ring (bicyclic) bond motifs is 1. The molecule has 2 aromatic rings. The molecule has 4 rings (SSSR count). The number of hydrogen-bond acceptors (Lipinski definition) is 2. The Morgan fingerprint density at radius 1 is 1.17 bits per heavy atom. The molecule has 30 heavy (non-hydrogen) atoms. The van der Waals surface area contributed by atoms with E-state index in [0.29, 0.717) is 12.5 Å². The van der Waals surface area contributed by atoms with E-state index in [4.69, 9.17) is 9.73 Å². The zero-order valence-electron chi connectivity index (χ0n) is 18.7. The first-order valence-corrected chi connectivity index (χ1v) is 11.8. The van der Waals surface area contributed by atoms with Crippen molar-refractivity contribution in [2.75, 3.05) is 6.61 Å². The molecule has 2 N–H and O–H groups in total. The first-order valence-electron chi connectivity index (χ1n) is 11.8. The van der Waals surface area contributed by atoms with Crippen molar-refractivity contribution < 1.29 is 4.74 Å². The van der Waals surface area contributed by atoms with Crippen LogP contribution < -0.4 is 0 Å². The second-order valence-corrected chi connectivity index (χ2v) is 8.49. The van der Waals surface area contributed by atoms with E-state index in [1.54, 1.807) is 0 Å². The number of allylic oxidation sites excluding steroid dienone is 2. The van der Waals surface area contributed by atoms with Gasteiger partial charge in [-0.3, -0.25) is 0 Å². The van der Waals surface area contributed by atoms with Crippen molar-refractivity contribution in [1.82, 2.24) is 9.97 Å². The van der Waals surface area contributed by atoms with Gasteiger partial charge in [0.1, 0.15) is 11.5 Å². The smallest absolute Gasteiger partial charge is 0.147 e. The van der Waals surface area contributed by atoms with E-state index in [0.717, 1.165) is 55.0 Å². The summed E-state index contributed by atoms with van der Waals surface area (Å²) in [5.74, 6) is 1.38. The third kappa shape index (κ3) is 4.19. The minimum Gasteiger partial charge on any atom is -0.491 e. The van der Waals surface area contributed by atoms with Gasteiger partial charge in [-0.1, -0.05) is 27.2 Å². The fourth-order valence-electron chi connectivity index (χ4n) is 4.73. The Hall–Kier alpha value is -2.49. The van der Waals surface area contributed by atoms with Gasteiger partial charge in [0, 0.05) is 29.2 Å². The van der Waals surface area contributed by atoms with E-state index in [1.165, 1.54) is 41.8 Å². The number of hydrogen-bond donors (Lipinski definition) is 2. The van der Waals surface area contributed by atoms with Crippen molar-refractivity contribution in [1.29, 1.82) is 0 Å². The van der Waals surface area contributed by atoms with Crippen LogP contribution in [0.15, 0.2) is 46.9 Å². The molecule has 1 unspecified atom stereocenters. The van der Waals surface area contributed by atoms with Gasteiger partial charge >= 0.3 is 0 Å². The molecule has 2 aromatic heterocycles. The number of nitrogens with one attached hydrogen (secondary N) is 2. The van der Waals surface area contributed by atoms with Gasteiger partial charge in [-0.05, 0) is 74.6 Å². The fourth-order valence-corrected chi connectivity index (χ4v) is 4.73. The van der Waals surface area contributed by atoms with Crippen LogP contribution in [0.2, 0.25) is 0 Å². The number of nitrogens with zero attached hydrogens (tertiary/aromatic N) is 1. The van der Waals surface area contributed by atoms with Crippen LogP contribution in [0, 0.1) is 5.92 Å². The standard InChI is InChI=1S/C26H35N3O/c1-4-10-18(6-3)25(23-16-19-11-7-8-12-20(19)28-23)26-24(30-15-5-2)17-22(29-26)21-13-9-14-27-21/h9,13-14,16-18,27-28H,4-8,10-12,15H2,1-3H3. The summed E-state index contributed by atoms with van der Waals surface area (Å²) in [6.45, 7) is 7.43. The minimum atomic E-state index is 0.463. The lowest BCUT2D eigenvalue weighted by atomic mass is 9.87. The third-order valence-electron chi connectivity index (χ3n) is 6.27. The molecular weight excluding hydrogens is 370 g/mol. The predicted molar refractivity (Wildman–Crippen MR) is 125 cm³/mol. The quantitative estimate of drug-likeness (QED) is 0.487. The summed E-state index contributed by atoms with van der Waals surface area (Å²) in [4.78, 5) is 12.2. The van der Waals surface area contributed by atoms with Crippen LogP contribution in [0.1, 0.15) is 81.9 Å². The number of ether oxygens (including phenoxy) is 1. The van der Waals surface area contributed by atoms with Crippen molar-refractivity contribution in [3.05, 3.63) is 64.6 Å². The van der Waals surface area contributed by atoms with Gasteiger partial charge in [0.2, 0.25) is 0 Å². The first kappa shape index (κ1) is 20.8. The number of aryl methyl sites for hydroxylation is 2. The highest BCUT2D eigenvalue weighted by Crippen LogP contribution is 2.39. The second-order valence-electron chi connectivity index (χ2n) is 8.49. The summed E-state index contributed by atoms with van der Waals surface area (Å²) in [6.07, 6.45) is 13.4. The SMILES string of the molecule is CCCOC1=CC(c2ccc[nH]2)=NC1=C(c1cc2c([nH]1)CCCC2)C(CC)CCC. The maximum Gasteiger partial charge on any atom is 0.147 e. The number of aromatic amines is 2. The Kier molecular flexibility index (Phi) is 6.61. The molecule has 0 saturated heterocycles. The molecule has 1 atom stereocenters. The van der Waals surface area contributed by atoms with Gasteiger partial charge < -0.3 is 14.7 Å². The van der Waals surface area contributed by atoms with Crippen molar-refractivity contribution in [3.63, 3.8) is 0 Å². The summed E-state index contributed by atoms with van der Waals surface area (Å²) in [6, 6.07) is 6.49. The molecule has 1 aliphatic carbocycles. The highest BCUT2D eigenvalue weighted by molar-refractivity contribution is 6.11. The molecule has 0 spiro atoms. The van der Waals surface area contributed by atoms with Crippen LogP contribution in [-0.2, 0) is 17.6 Å². The van der Waals surface area contributed by atoms with E-state index >= 15 is 0 Å². The summed E-state index contributed by atoms with van der Waals surface area (Å²) in [5.41, 5.74) is 8.52. The largest absolute Gasteiger partial charge is 0.491 e. The fraction of sp³-hybridized carbons (Fsp3) is 0.500. The van der Waals surface area contributed by atoms with Gasteiger partial charge in [-0.2, -0.15) is 0 Å². The number of aromatic nitrogens is 2. The zero-order chi connectivity index (χ0) is 20.9. The van der Waals surface area contributed by atoms with Crippen molar-refractivity contribution >= 4 is 11.3 Å². The molecule has 2 aliphatic rings. The average molecular weight is 406 g/mol. The molecule has 160 valence electrons. The van der Waals surface area contributed by atoms with E-state index in [9.17, 15) is 0 Å². The maximum atomic E-state index is 6.23. The topological polar surface area (TPSA) is 53.2 Å². The Bertz CT molecular complexity index is 920. The lowest BCUT2D eigenvalue weighted by molar-refractivity contribution is 0.221. The van der Waals surface area contributed by atoms with E-state index in [1.807, 2.05) is 12.3 Å². The molecule has 0 bridgehead atoms. The monoisotopic (exact) mass is 405 g/mol. The van der Waals surface area contributed by atoms with Crippen LogP contribution in [0.3, 0.4) is 0 Å². The van der Waals surface area contributed by atoms with Gasteiger partial charge in [-0.15, -0.1) is 0 Å². The minimum absolute atomic E-state index is 0.463. The first-order chi connectivity index (χ1) is 14.7. The highest BCUT2D eigenvalue weighted by Gasteiger charge is 2.28. The normalized spacial score (nSPS) is 18.6. The Morgan fingerprint density at radius 2 is 2.03 bits per heavy atom. The molecule has 3 heterocycles. The lowest BCUT2D eigenvalue weighted by Crippen LogP contribution is -2.07. The van der Waals surface area contributed by atoms with Crippen LogP contribution in [0.25, 0.3) is 5.57 Å². The van der Waals surface area contributed by atoms with Crippen LogP contribution in [-0.4, -0.2) is 22.3 Å². The summed E-state index contributed by atoms with van der Waals surface area (Å²) < 4.78 is 6.23. The summed E-state index contributed by atoms with van der Waals surface area (Å²) in [5, 5.41) is 0. The molecule has 4 heteroatoms. The van der Waals surface area contributed by atoms with E-state index in [2.05, 4.69) is 48.9 Å². The zero-order valence-corrected chi connectivity index (χ0v) is 18.7. The second kappa shape index (κ2) is 9.55. The van der Waals surface area contributed by atoms with Crippen LogP contribution in [0.4, 0.5) is 0 Å². The van der Waals surface area contributed by atoms with Crippen molar-refractivity contribution in [2.24, 2.45) is 10.9 Å². The maximum absolute atomic E-state index is 6.23. The van der Waals surface area contributed by atoms with Gasteiger partial charge in [0.15, 0.2) is 0 Å². The third-order valence-corrected chi connectivity index (χ3v) is 6.27. The van der Waals surface area contributed by atoms with Crippen molar-refractivity contribution in [3.8, 4) is 0 Å². The van der Waals surface area contributed by atoms with E-state index < -0.39 is 0 Å². The number of H-pyrrole nitrogens is 2. The van der Waals surface area contributed by atoms with Gasteiger partial charge in [-0.25, -0.2) is 4.99 Å². The number of aliphatic imine (C=N–C) groups is 1. The molecular formula is C26H35N3O. The van der Waals surface area contributed by atoms with Gasteiger partial charge in [0.05, 0.1) is 18.0 Å². The summed E-state index contributed by atoms with van der Waals surface area (Å²) >= 11 is 0. The predicted octanol–water partition coefficient (Wildman–Crippen LogP) is 6.57. The molecule has 4 nitrogen and oxygen atoms in total. The summed E-state index contributed by atoms with van der Waals surface area (Å²) in [7, 11) is 0.